The summed E-state index contributed by atoms with van der Waals surface area (Å²) in [6.45, 7) is 5.38. The lowest BCUT2D eigenvalue weighted by atomic mass is 10.0. The van der Waals surface area contributed by atoms with E-state index in [0.29, 0.717) is 27.3 Å². The van der Waals surface area contributed by atoms with E-state index in [0.717, 1.165) is 5.56 Å². The Bertz CT molecular complexity index is 1140. The van der Waals surface area contributed by atoms with Crippen LogP contribution in [0.4, 0.5) is 22.2 Å². The zero-order chi connectivity index (χ0) is 24.9. The van der Waals surface area contributed by atoms with Crippen LogP contribution in [0.25, 0.3) is 0 Å². The minimum atomic E-state index is -0.996. The third-order valence-electron chi connectivity index (χ3n) is 5.25. The second-order valence-electron chi connectivity index (χ2n) is 8.19. The van der Waals surface area contributed by atoms with Gasteiger partial charge in [0.05, 0.1) is 24.4 Å². The summed E-state index contributed by atoms with van der Waals surface area (Å²) >= 11 is 12.2. The number of nitrogens with one attached hydrogen (secondary N) is 2. The van der Waals surface area contributed by atoms with Crippen LogP contribution in [0, 0.1) is 0 Å². The molecule has 0 aliphatic rings. The zero-order valence-electron chi connectivity index (χ0n) is 19.3. The maximum atomic E-state index is 13.3. The molecule has 0 spiro atoms. The first kappa shape index (κ1) is 25.6. The molecule has 0 aliphatic heterocycles. The van der Waals surface area contributed by atoms with Gasteiger partial charge in [-0.15, -0.1) is 0 Å². The van der Waals surface area contributed by atoms with Crippen molar-refractivity contribution in [3.63, 3.8) is 0 Å². The van der Waals surface area contributed by atoms with Gasteiger partial charge in [0.2, 0.25) is 5.95 Å². The van der Waals surface area contributed by atoms with Crippen molar-refractivity contribution in [1.29, 1.82) is 0 Å². The lowest BCUT2D eigenvalue weighted by Crippen LogP contribution is -2.40. The van der Waals surface area contributed by atoms with Crippen LogP contribution >= 0.6 is 23.2 Å². The van der Waals surface area contributed by atoms with Crippen LogP contribution in [-0.4, -0.2) is 39.9 Å². The number of aliphatic hydroxyl groups is 1. The molecule has 0 bridgehead atoms. The molecule has 0 saturated heterocycles. The molecule has 1 heterocycles. The average Bonchev–Trinajstić information content (AvgIpc) is 2.79. The van der Waals surface area contributed by atoms with E-state index in [1.165, 1.54) is 4.90 Å². The normalized spacial score (nSPS) is 12.1. The van der Waals surface area contributed by atoms with Gasteiger partial charge in [0, 0.05) is 28.9 Å². The summed E-state index contributed by atoms with van der Waals surface area (Å²) in [4.78, 5) is 23.5. The van der Waals surface area contributed by atoms with Crippen molar-refractivity contribution < 1.29 is 14.6 Å². The van der Waals surface area contributed by atoms with Crippen LogP contribution < -0.4 is 20.3 Å². The highest BCUT2D eigenvalue weighted by Gasteiger charge is 2.24. The van der Waals surface area contributed by atoms with E-state index in [2.05, 4.69) is 20.6 Å². The number of urea groups is 1. The van der Waals surface area contributed by atoms with Crippen molar-refractivity contribution in [2.45, 2.75) is 39.0 Å². The number of benzene rings is 2. The lowest BCUT2D eigenvalue weighted by molar-refractivity contribution is 0.0646. The highest BCUT2D eigenvalue weighted by molar-refractivity contribution is 6.35. The highest BCUT2D eigenvalue weighted by Crippen LogP contribution is 2.27. The van der Waals surface area contributed by atoms with Crippen molar-refractivity contribution in [3.05, 3.63) is 70.3 Å². The molecule has 180 valence electrons. The number of aromatic nitrogens is 2. The molecule has 3 N–H and O–H groups in total. The van der Waals surface area contributed by atoms with Gasteiger partial charge in [-0.1, -0.05) is 29.3 Å². The molecule has 2 amide bonds. The fraction of sp³-hybridized carbons (Fsp3) is 0.292. The molecule has 1 atom stereocenters. The lowest BCUT2D eigenvalue weighted by Gasteiger charge is -2.27. The summed E-state index contributed by atoms with van der Waals surface area (Å²) in [6, 6.07) is 13.0. The predicted octanol–water partition coefficient (Wildman–Crippen LogP) is 5.41. The quantitative estimate of drug-likeness (QED) is 0.379. The van der Waals surface area contributed by atoms with Crippen LogP contribution in [0.1, 0.15) is 26.3 Å². The van der Waals surface area contributed by atoms with E-state index in [1.54, 1.807) is 75.7 Å². The van der Waals surface area contributed by atoms with Gasteiger partial charge in [0.25, 0.3) is 0 Å². The Balaban J connectivity index is 1.90. The first-order valence-electron chi connectivity index (χ1n) is 10.6. The third kappa shape index (κ3) is 6.50. The van der Waals surface area contributed by atoms with Crippen molar-refractivity contribution in [2.24, 2.45) is 0 Å². The van der Waals surface area contributed by atoms with Gasteiger partial charge in [-0.05, 0) is 62.7 Å². The minimum absolute atomic E-state index is 0.188. The molecule has 2 aromatic carbocycles. The van der Waals surface area contributed by atoms with E-state index in [-0.39, 0.29) is 18.5 Å². The van der Waals surface area contributed by atoms with E-state index in [4.69, 9.17) is 27.9 Å². The van der Waals surface area contributed by atoms with Gasteiger partial charge in [0.15, 0.2) is 0 Å². The van der Waals surface area contributed by atoms with Crippen molar-refractivity contribution in [1.82, 2.24) is 15.3 Å². The number of anilines is 3. The van der Waals surface area contributed by atoms with Crippen LogP contribution in [0.5, 0.6) is 5.75 Å². The number of hydrogen-bond donors (Lipinski definition) is 3. The van der Waals surface area contributed by atoms with Crippen LogP contribution in [0.3, 0.4) is 0 Å². The molecule has 10 heteroatoms. The molecular weight excluding hydrogens is 477 g/mol. The fourth-order valence-electron chi connectivity index (χ4n) is 2.91. The van der Waals surface area contributed by atoms with E-state index >= 15 is 0 Å². The second kappa shape index (κ2) is 10.9. The number of methoxy groups -OCH3 is 1. The van der Waals surface area contributed by atoms with E-state index < -0.39 is 11.6 Å². The highest BCUT2D eigenvalue weighted by atomic mass is 35.5. The summed E-state index contributed by atoms with van der Waals surface area (Å²) in [5.41, 5.74) is 0.295. The van der Waals surface area contributed by atoms with Gasteiger partial charge in [-0.2, -0.15) is 4.98 Å². The fourth-order valence-corrected chi connectivity index (χ4v) is 3.39. The van der Waals surface area contributed by atoms with Crippen molar-refractivity contribution >= 4 is 46.7 Å². The number of carbonyl (C=O) groups excluding carboxylic acids is 1. The van der Waals surface area contributed by atoms with Gasteiger partial charge in [-0.3, -0.25) is 0 Å². The first-order valence-corrected chi connectivity index (χ1v) is 11.3. The third-order valence-corrected chi connectivity index (χ3v) is 5.84. The maximum absolute atomic E-state index is 13.3. The molecule has 0 radical (unpaired) electrons. The van der Waals surface area contributed by atoms with Crippen LogP contribution in [-0.2, 0) is 6.54 Å². The molecule has 8 nitrogen and oxygen atoms in total. The smallest absolute Gasteiger partial charge is 0.327 e. The largest absolute Gasteiger partial charge is 0.497 e. The van der Waals surface area contributed by atoms with Gasteiger partial charge < -0.3 is 20.5 Å². The van der Waals surface area contributed by atoms with Gasteiger partial charge >= 0.3 is 6.03 Å². The standard InChI is InChI=1S/C24H27Cl2N5O3/c1-15(24(2,3)33)29-22-27-12-11-21(30-22)31(18-7-9-19(34-4)10-8-18)23(32)28-14-16-5-6-17(25)13-20(16)26/h5-13,15,33H,14H2,1-4H3,(H,28,32)(H,27,29,30)/t15-/m0/s1. The molecule has 34 heavy (non-hydrogen) atoms. The molecule has 3 rings (SSSR count). The Morgan fingerprint density at radius 2 is 1.88 bits per heavy atom. The number of hydrogen-bond acceptors (Lipinski definition) is 6. The number of rotatable bonds is 8. The Morgan fingerprint density at radius 1 is 1.18 bits per heavy atom. The number of carbonyl (C=O) groups is 1. The Kier molecular flexibility index (Phi) is 8.19. The number of ether oxygens (including phenoxy) is 1. The number of halogens is 2. The Morgan fingerprint density at radius 3 is 2.50 bits per heavy atom. The monoisotopic (exact) mass is 503 g/mol. The summed E-state index contributed by atoms with van der Waals surface area (Å²) in [7, 11) is 1.57. The number of nitrogens with zero attached hydrogens (tertiary/aromatic N) is 3. The van der Waals surface area contributed by atoms with Crippen molar-refractivity contribution in [3.8, 4) is 5.75 Å². The minimum Gasteiger partial charge on any atom is -0.497 e. The molecular formula is C24H27Cl2N5O3. The molecule has 0 saturated carbocycles. The maximum Gasteiger partial charge on any atom is 0.327 e. The van der Waals surface area contributed by atoms with E-state index in [1.807, 2.05) is 6.92 Å². The molecule has 0 aliphatic carbocycles. The Labute approximate surface area is 208 Å². The molecule has 0 unspecified atom stereocenters. The van der Waals surface area contributed by atoms with Crippen LogP contribution in [0.15, 0.2) is 54.7 Å². The molecule has 3 aromatic rings. The summed E-state index contributed by atoms with van der Waals surface area (Å²) in [5, 5.41) is 17.2. The second-order valence-corrected chi connectivity index (χ2v) is 9.03. The van der Waals surface area contributed by atoms with Gasteiger partial charge in [-0.25, -0.2) is 14.7 Å². The average molecular weight is 504 g/mol. The predicted molar refractivity (Wildman–Crippen MR) is 135 cm³/mol. The molecule has 1 aromatic heterocycles. The summed E-state index contributed by atoms with van der Waals surface area (Å²) in [5.74, 6) is 1.27. The summed E-state index contributed by atoms with van der Waals surface area (Å²) in [6.07, 6.45) is 1.54. The van der Waals surface area contributed by atoms with Crippen LogP contribution in [0.2, 0.25) is 10.0 Å². The topological polar surface area (TPSA) is 99.6 Å². The SMILES string of the molecule is COc1ccc(N(C(=O)NCc2ccc(Cl)cc2Cl)c2ccnc(N[C@@H](C)C(C)(C)O)n2)cc1. The summed E-state index contributed by atoms with van der Waals surface area (Å²) < 4.78 is 5.23. The Hall–Kier alpha value is -3.07. The zero-order valence-corrected chi connectivity index (χ0v) is 20.9. The van der Waals surface area contributed by atoms with E-state index in [9.17, 15) is 9.90 Å². The number of amides is 2. The first-order chi connectivity index (χ1) is 16.1. The molecule has 0 fully saturated rings. The van der Waals surface area contributed by atoms with Crippen molar-refractivity contribution in [2.75, 3.05) is 17.3 Å². The van der Waals surface area contributed by atoms with Gasteiger partial charge in [0.1, 0.15) is 11.6 Å².